The van der Waals surface area contributed by atoms with Gasteiger partial charge in [0.25, 0.3) is 5.91 Å². The molecule has 0 atom stereocenters. The van der Waals surface area contributed by atoms with E-state index >= 15 is 0 Å². The van der Waals surface area contributed by atoms with Gasteiger partial charge in [0, 0.05) is 12.7 Å². The second kappa shape index (κ2) is 8.99. The van der Waals surface area contributed by atoms with E-state index in [2.05, 4.69) is 14.9 Å². The van der Waals surface area contributed by atoms with Crippen LogP contribution in [0, 0.1) is 5.82 Å². The zero-order valence-electron chi connectivity index (χ0n) is 14.2. The molecule has 2 rings (SSSR count). The van der Waals surface area contributed by atoms with Crippen molar-refractivity contribution in [3.8, 4) is 0 Å². The minimum absolute atomic E-state index is 0.240. The Morgan fingerprint density at radius 2 is 1.96 bits per heavy atom. The Morgan fingerprint density at radius 3 is 2.62 bits per heavy atom. The minimum atomic E-state index is -0.672. The molecular formula is C16H17FN4O4S. The van der Waals surface area contributed by atoms with Crippen LogP contribution in [0.25, 0.3) is 0 Å². The van der Waals surface area contributed by atoms with Crippen LogP contribution in [0.3, 0.4) is 0 Å². The molecule has 0 aliphatic heterocycles. The summed E-state index contributed by atoms with van der Waals surface area (Å²) in [6.45, 7) is 1.09. The Labute approximate surface area is 153 Å². The number of amides is 2. The number of ether oxygens (including phenoxy) is 1. The number of carbonyl (C=O) groups excluding carboxylic acids is 3. The van der Waals surface area contributed by atoms with Crippen molar-refractivity contribution in [3.63, 3.8) is 0 Å². The standard InChI is InChI=1S/C16H17FN4O4S/c1-3-12-15(26-20-19-12)16(24)25-9-14(23)21(2)8-13(22)18-11-6-4-10(17)5-7-11/h4-7H,3,8-9H2,1-2H3,(H,18,22). The van der Waals surface area contributed by atoms with Gasteiger partial charge in [-0.1, -0.05) is 11.4 Å². The number of aromatic nitrogens is 2. The summed E-state index contributed by atoms with van der Waals surface area (Å²) in [4.78, 5) is 37.2. The van der Waals surface area contributed by atoms with Crippen LogP contribution in [0.4, 0.5) is 10.1 Å². The monoisotopic (exact) mass is 380 g/mol. The number of aryl methyl sites for hydroxylation is 1. The van der Waals surface area contributed by atoms with Crippen LogP contribution in [0.1, 0.15) is 22.3 Å². The molecular weight excluding hydrogens is 363 g/mol. The number of benzene rings is 1. The van der Waals surface area contributed by atoms with Gasteiger partial charge in [-0.15, -0.1) is 5.10 Å². The average molecular weight is 380 g/mol. The van der Waals surface area contributed by atoms with Crippen molar-refractivity contribution < 1.29 is 23.5 Å². The number of anilines is 1. The second-order valence-electron chi connectivity index (χ2n) is 5.28. The van der Waals surface area contributed by atoms with E-state index in [-0.39, 0.29) is 11.4 Å². The first-order valence-corrected chi connectivity index (χ1v) is 8.45. The van der Waals surface area contributed by atoms with Gasteiger partial charge >= 0.3 is 5.97 Å². The summed E-state index contributed by atoms with van der Waals surface area (Å²) >= 11 is 0.904. The Hall–Kier alpha value is -2.88. The quantitative estimate of drug-likeness (QED) is 0.731. The lowest BCUT2D eigenvalue weighted by atomic mass is 10.3. The highest BCUT2D eigenvalue weighted by atomic mass is 32.1. The lowest BCUT2D eigenvalue weighted by Gasteiger charge is -2.16. The van der Waals surface area contributed by atoms with Crippen molar-refractivity contribution >= 4 is 35.0 Å². The largest absolute Gasteiger partial charge is 0.451 e. The number of carbonyl (C=O) groups is 3. The predicted molar refractivity (Wildman–Crippen MR) is 92.2 cm³/mol. The van der Waals surface area contributed by atoms with Crippen LogP contribution < -0.4 is 5.32 Å². The molecule has 1 aromatic carbocycles. The van der Waals surface area contributed by atoms with E-state index in [0.29, 0.717) is 17.8 Å². The van der Waals surface area contributed by atoms with Crippen LogP contribution >= 0.6 is 11.5 Å². The van der Waals surface area contributed by atoms with E-state index in [1.807, 2.05) is 6.92 Å². The third-order valence-corrected chi connectivity index (χ3v) is 4.09. The lowest BCUT2D eigenvalue weighted by Crippen LogP contribution is -2.37. The zero-order chi connectivity index (χ0) is 19.1. The van der Waals surface area contributed by atoms with Gasteiger partial charge in [0.2, 0.25) is 5.91 Å². The molecule has 26 heavy (non-hydrogen) atoms. The fourth-order valence-corrected chi connectivity index (χ4v) is 2.58. The average Bonchev–Trinajstić information content (AvgIpc) is 3.10. The van der Waals surface area contributed by atoms with Crippen LogP contribution in [-0.4, -0.2) is 52.5 Å². The van der Waals surface area contributed by atoms with Crippen molar-refractivity contribution in [2.45, 2.75) is 13.3 Å². The molecule has 138 valence electrons. The summed E-state index contributed by atoms with van der Waals surface area (Å²) < 4.78 is 21.5. The predicted octanol–water partition coefficient (Wildman–Crippen LogP) is 1.49. The van der Waals surface area contributed by atoms with E-state index in [9.17, 15) is 18.8 Å². The van der Waals surface area contributed by atoms with E-state index in [0.717, 1.165) is 16.4 Å². The molecule has 0 saturated heterocycles. The maximum Gasteiger partial charge on any atom is 0.352 e. The van der Waals surface area contributed by atoms with Crippen molar-refractivity contribution in [1.82, 2.24) is 14.5 Å². The van der Waals surface area contributed by atoms with Gasteiger partial charge in [0.15, 0.2) is 11.5 Å². The summed E-state index contributed by atoms with van der Waals surface area (Å²) in [7, 11) is 1.41. The smallest absolute Gasteiger partial charge is 0.352 e. The highest BCUT2D eigenvalue weighted by molar-refractivity contribution is 7.07. The first-order valence-electron chi connectivity index (χ1n) is 7.68. The van der Waals surface area contributed by atoms with Gasteiger partial charge in [-0.05, 0) is 42.2 Å². The van der Waals surface area contributed by atoms with Gasteiger partial charge in [0.1, 0.15) is 5.82 Å². The molecule has 0 aliphatic carbocycles. The molecule has 2 amide bonds. The maximum atomic E-state index is 12.8. The fourth-order valence-electron chi connectivity index (χ4n) is 1.94. The Bertz CT molecular complexity index is 794. The zero-order valence-corrected chi connectivity index (χ0v) is 15.0. The van der Waals surface area contributed by atoms with E-state index < -0.39 is 30.2 Å². The summed E-state index contributed by atoms with van der Waals surface area (Å²) in [5, 5.41) is 6.33. The summed E-state index contributed by atoms with van der Waals surface area (Å²) in [6.07, 6.45) is 0.526. The van der Waals surface area contributed by atoms with E-state index in [1.165, 1.54) is 31.3 Å². The molecule has 0 unspecified atom stereocenters. The van der Waals surface area contributed by atoms with E-state index in [1.54, 1.807) is 0 Å². The maximum absolute atomic E-state index is 12.8. The number of hydrogen-bond donors (Lipinski definition) is 1. The number of nitrogens with one attached hydrogen (secondary N) is 1. The Morgan fingerprint density at radius 1 is 1.27 bits per heavy atom. The van der Waals surface area contributed by atoms with Gasteiger partial charge < -0.3 is 15.0 Å². The number of rotatable bonds is 7. The molecule has 2 aromatic rings. The molecule has 0 saturated carbocycles. The molecule has 0 bridgehead atoms. The van der Waals surface area contributed by atoms with Crippen LogP contribution in [-0.2, 0) is 20.7 Å². The van der Waals surface area contributed by atoms with Gasteiger partial charge in [0.05, 0.1) is 12.2 Å². The van der Waals surface area contributed by atoms with Crippen molar-refractivity contribution in [1.29, 1.82) is 0 Å². The molecule has 0 spiro atoms. The normalized spacial score (nSPS) is 10.3. The molecule has 1 heterocycles. The molecule has 0 aliphatic rings. The Kier molecular flexibility index (Phi) is 6.73. The molecule has 1 aromatic heterocycles. The number of hydrogen-bond acceptors (Lipinski definition) is 7. The fraction of sp³-hybridized carbons (Fsp3) is 0.312. The molecule has 8 nitrogen and oxygen atoms in total. The third-order valence-electron chi connectivity index (χ3n) is 3.34. The molecule has 1 N–H and O–H groups in total. The first kappa shape index (κ1) is 19.4. The van der Waals surface area contributed by atoms with E-state index in [4.69, 9.17) is 4.74 Å². The van der Waals surface area contributed by atoms with Crippen LogP contribution in [0.15, 0.2) is 24.3 Å². The van der Waals surface area contributed by atoms with Crippen LogP contribution in [0.2, 0.25) is 0 Å². The molecule has 0 fully saturated rings. The highest BCUT2D eigenvalue weighted by Gasteiger charge is 2.20. The summed E-state index contributed by atoms with van der Waals surface area (Å²) in [5.41, 5.74) is 0.924. The van der Waals surface area contributed by atoms with Crippen molar-refractivity contribution in [2.75, 3.05) is 25.5 Å². The van der Waals surface area contributed by atoms with Crippen molar-refractivity contribution in [2.24, 2.45) is 0 Å². The van der Waals surface area contributed by atoms with Gasteiger partial charge in [-0.2, -0.15) is 0 Å². The first-order chi connectivity index (χ1) is 12.4. The topological polar surface area (TPSA) is 101 Å². The number of likely N-dealkylation sites (N-methyl/N-ethyl adjacent to an activating group) is 1. The summed E-state index contributed by atoms with van der Waals surface area (Å²) in [5.74, 6) is -2.09. The molecule has 10 heteroatoms. The van der Waals surface area contributed by atoms with Crippen molar-refractivity contribution in [3.05, 3.63) is 40.7 Å². The Balaban J connectivity index is 1.80. The second-order valence-corrected chi connectivity index (χ2v) is 6.04. The van der Waals surface area contributed by atoms with Crippen LogP contribution in [0.5, 0.6) is 0 Å². The summed E-state index contributed by atoms with van der Waals surface area (Å²) in [6, 6.07) is 5.24. The number of nitrogens with zero attached hydrogens (tertiary/aromatic N) is 3. The number of esters is 1. The molecule has 0 radical (unpaired) electrons. The van der Waals surface area contributed by atoms with Gasteiger partial charge in [-0.3, -0.25) is 9.59 Å². The highest BCUT2D eigenvalue weighted by Crippen LogP contribution is 2.12. The minimum Gasteiger partial charge on any atom is -0.451 e. The lowest BCUT2D eigenvalue weighted by molar-refractivity contribution is -0.136. The van der Waals surface area contributed by atoms with Gasteiger partial charge in [-0.25, -0.2) is 9.18 Å². The number of halogens is 1. The third kappa shape index (κ3) is 5.31. The SMILES string of the molecule is CCc1nnsc1C(=O)OCC(=O)N(C)CC(=O)Nc1ccc(F)cc1.